The number of nitrogens with one attached hydrogen (secondary N) is 1. The minimum Gasteiger partial charge on any atom is -0.384 e. The first-order valence-electron chi connectivity index (χ1n) is 6.33. The fourth-order valence-electron chi connectivity index (χ4n) is 2.48. The molecule has 1 atom stereocenters. The van der Waals surface area contributed by atoms with Crippen LogP contribution in [0, 0.1) is 12.8 Å². The summed E-state index contributed by atoms with van der Waals surface area (Å²) in [5.41, 5.74) is 2.57. The zero-order valence-electron chi connectivity index (χ0n) is 10.7. The van der Waals surface area contributed by atoms with Gasteiger partial charge in [0.05, 0.1) is 0 Å². The van der Waals surface area contributed by atoms with Gasteiger partial charge in [0.1, 0.15) is 0 Å². The third-order valence-corrected chi connectivity index (χ3v) is 4.00. The van der Waals surface area contributed by atoms with Crippen molar-refractivity contribution in [1.29, 1.82) is 0 Å². The molecule has 1 aliphatic heterocycles. The second kappa shape index (κ2) is 5.87. The van der Waals surface area contributed by atoms with Crippen LogP contribution in [-0.4, -0.2) is 31.6 Å². The fourth-order valence-corrected chi connectivity index (χ4v) is 2.84. The molecule has 0 aromatic heterocycles. The van der Waals surface area contributed by atoms with Gasteiger partial charge in [-0.3, -0.25) is 0 Å². The molecule has 2 rings (SSSR count). The van der Waals surface area contributed by atoms with Crippen LogP contribution in [0.25, 0.3) is 0 Å². The summed E-state index contributed by atoms with van der Waals surface area (Å²) in [6, 6.07) is 6.41. The number of rotatable bonds is 3. The number of piperidine rings is 1. The molecule has 3 heteroatoms. The Labute approximate surface area is 113 Å². The summed E-state index contributed by atoms with van der Waals surface area (Å²) in [6.07, 6.45) is 2.69. The first-order chi connectivity index (χ1) is 8.15. The lowest BCUT2D eigenvalue weighted by atomic mass is 9.98. The van der Waals surface area contributed by atoms with Crippen LogP contribution in [0.3, 0.4) is 0 Å². The summed E-state index contributed by atoms with van der Waals surface area (Å²) in [7, 11) is 2.22. The van der Waals surface area contributed by atoms with Crippen LogP contribution in [0.2, 0.25) is 0 Å². The van der Waals surface area contributed by atoms with E-state index in [9.17, 15) is 0 Å². The summed E-state index contributed by atoms with van der Waals surface area (Å²) in [4.78, 5) is 2.43. The summed E-state index contributed by atoms with van der Waals surface area (Å²) in [5, 5.41) is 3.59. The molecule has 0 aliphatic carbocycles. The number of hydrogen-bond donors (Lipinski definition) is 1. The molecule has 1 N–H and O–H groups in total. The van der Waals surface area contributed by atoms with Crippen LogP contribution in [0.5, 0.6) is 0 Å². The smallest absolute Gasteiger partial charge is 0.0381 e. The van der Waals surface area contributed by atoms with E-state index >= 15 is 0 Å². The van der Waals surface area contributed by atoms with E-state index in [1.165, 1.54) is 37.2 Å². The van der Waals surface area contributed by atoms with Gasteiger partial charge in [0.2, 0.25) is 0 Å². The summed E-state index contributed by atoms with van der Waals surface area (Å²) in [6.45, 7) is 5.72. The van der Waals surface area contributed by atoms with Gasteiger partial charge in [0, 0.05) is 23.2 Å². The lowest BCUT2D eigenvalue weighted by Gasteiger charge is -2.30. The van der Waals surface area contributed by atoms with Gasteiger partial charge in [-0.15, -0.1) is 0 Å². The molecule has 94 valence electrons. The highest BCUT2D eigenvalue weighted by atomic mass is 79.9. The van der Waals surface area contributed by atoms with Crippen LogP contribution in [0.4, 0.5) is 5.69 Å². The van der Waals surface area contributed by atoms with Crippen molar-refractivity contribution in [1.82, 2.24) is 4.90 Å². The Bertz CT molecular complexity index is 378. The zero-order chi connectivity index (χ0) is 12.3. The van der Waals surface area contributed by atoms with E-state index < -0.39 is 0 Å². The van der Waals surface area contributed by atoms with Gasteiger partial charge >= 0.3 is 0 Å². The molecule has 0 spiro atoms. The summed E-state index contributed by atoms with van der Waals surface area (Å²) in [5.74, 6) is 0.784. The number of benzene rings is 1. The molecule has 17 heavy (non-hydrogen) atoms. The highest BCUT2D eigenvalue weighted by molar-refractivity contribution is 9.10. The molecule has 1 saturated heterocycles. The van der Waals surface area contributed by atoms with Crippen molar-refractivity contribution in [2.75, 3.05) is 32.0 Å². The molecule has 1 aromatic carbocycles. The van der Waals surface area contributed by atoms with E-state index in [0.717, 1.165) is 16.9 Å². The minimum absolute atomic E-state index is 0.784. The van der Waals surface area contributed by atoms with Crippen LogP contribution in [-0.2, 0) is 0 Å². The Morgan fingerprint density at radius 1 is 1.47 bits per heavy atom. The molecule has 0 amide bonds. The van der Waals surface area contributed by atoms with Crippen molar-refractivity contribution in [2.45, 2.75) is 19.8 Å². The largest absolute Gasteiger partial charge is 0.384 e. The fraction of sp³-hybridized carbons (Fsp3) is 0.571. The third-order valence-electron chi connectivity index (χ3n) is 3.50. The van der Waals surface area contributed by atoms with Crippen molar-refractivity contribution in [3.8, 4) is 0 Å². The molecule has 0 radical (unpaired) electrons. The predicted molar refractivity (Wildman–Crippen MR) is 77.6 cm³/mol. The Kier molecular flexibility index (Phi) is 4.46. The second-order valence-corrected chi connectivity index (χ2v) is 6.03. The van der Waals surface area contributed by atoms with E-state index in [0.29, 0.717) is 0 Å². The summed E-state index contributed by atoms with van der Waals surface area (Å²) < 4.78 is 1.14. The summed E-state index contributed by atoms with van der Waals surface area (Å²) >= 11 is 3.52. The van der Waals surface area contributed by atoms with Gasteiger partial charge in [-0.25, -0.2) is 0 Å². The molecular weight excluding hydrogens is 276 g/mol. The van der Waals surface area contributed by atoms with Crippen molar-refractivity contribution in [3.05, 3.63) is 28.2 Å². The number of anilines is 1. The first kappa shape index (κ1) is 12.9. The highest BCUT2D eigenvalue weighted by Gasteiger charge is 2.16. The first-order valence-corrected chi connectivity index (χ1v) is 7.13. The van der Waals surface area contributed by atoms with Crippen molar-refractivity contribution in [2.24, 2.45) is 5.92 Å². The van der Waals surface area contributed by atoms with Gasteiger partial charge < -0.3 is 10.2 Å². The number of nitrogens with zero attached hydrogens (tertiary/aromatic N) is 1. The Balaban J connectivity index is 1.90. The standard InChI is InChI=1S/C14H21BrN2/c1-11-5-6-13(15)8-14(11)16-9-12-4-3-7-17(2)10-12/h5-6,8,12,16H,3-4,7,9-10H2,1-2H3. The van der Waals surface area contributed by atoms with Gasteiger partial charge in [0.15, 0.2) is 0 Å². The van der Waals surface area contributed by atoms with E-state index in [-0.39, 0.29) is 0 Å². The molecular formula is C14H21BrN2. The van der Waals surface area contributed by atoms with Crippen molar-refractivity contribution < 1.29 is 0 Å². The van der Waals surface area contributed by atoms with E-state index in [4.69, 9.17) is 0 Å². The Morgan fingerprint density at radius 3 is 3.06 bits per heavy atom. The molecule has 1 aromatic rings. The van der Waals surface area contributed by atoms with Gasteiger partial charge in [-0.2, -0.15) is 0 Å². The quantitative estimate of drug-likeness (QED) is 0.918. The maximum Gasteiger partial charge on any atom is 0.0381 e. The lowest BCUT2D eigenvalue weighted by Crippen LogP contribution is -2.35. The van der Waals surface area contributed by atoms with Gasteiger partial charge in [-0.1, -0.05) is 22.0 Å². The monoisotopic (exact) mass is 296 g/mol. The molecule has 2 nitrogen and oxygen atoms in total. The topological polar surface area (TPSA) is 15.3 Å². The molecule has 1 unspecified atom stereocenters. The molecule has 1 heterocycles. The van der Waals surface area contributed by atoms with Crippen molar-refractivity contribution in [3.63, 3.8) is 0 Å². The molecule has 1 aliphatic rings. The number of likely N-dealkylation sites (tertiary alicyclic amines) is 1. The molecule has 0 saturated carbocycles. The van der Waals surface area contributed by atoms with Gasteiger partial charge in [-0.05, 0) is 57.0 Å². The van der Waals surface area contributed by atoms with E-state index in [1.54, 1.807) is 0 Å². The minimum atomic E-state index is 0.784. The number of aryl methyl sites for hydroxylation is 1. The Morgan fingerprint density at radius 2 is 2.29 bits per heavy atom. The van der Waals surface area contributed by atoms with Crippen LogP contribution >= 0.6 is 15.9 Å². The average Bonchev–Trinajstić information content (AvgIpc) is 2.30. The molecule has 0 bridgehead atoms. The van der Waals surface area contributed by atoms with Crippen LogP contribution < -0.4 is 5.32 Å². The maximum absolute atomic E-state index is 3.59. The third kappa shape index (κ3) is 3.71. The second-order valence-electron chi connectivity index (χ2n) is 5.11. The van der Waals surface area contributed by atoms with E-state index in [2.05, 4.69) is 58.3 Å². The Hall–Kier alpha value is -0.540. The average molecular weight is 297 g/mol. The number of halogens is 1. The van der Waals surface area contributed by atoms with Gasteiger partial charge in [0.25, 0.3) is 0 Å². The lowest BCUT2D eigenvalue weighted by molar-refractivity contribution is 0.217. The van der Waals surface area contributed by atoms with E-state index in [1.807, 2.05) is 0 Å². The maximum atomic E-state index is 3.59. The normalized spacial score (nSPS) is 21.5. The number of hydrogen-bond acceptors (Lipinski definition) is 2. The van der Waals surface area contributed by atoms with Crippen LogP contribution in [0.15, 0.2) is 22.7 Å². The van der Waals surface area contributed by atoms with Crippen molar-refractivity contribution >= 4 is 21.6 Å². The van der Waals surface area contributed by atoms with Crippen LogP contribution in [0.1, 0.15) is 18.4 Å². The highest BCUT2D eigenvalue weighted by Crippen LogP contribution is 2.22. The SMILES string of the molecule is Cc1ccc(Br)cc1NCC1CCCN(C)C1. The molecule has 1 fully saturated rings. The predicted octanol–water partition coefficient (Wildman–Crippen LogP) is 3.51. The zero-order valence-corrected chi connectivity index (χ0v) is 12.3.